The van der Waals surface area contributed by atoms with Gasteiger partial charge in [-0.05, 0) is 64.2 Å². The van der Waals surface area contributed by atoms with Crippen LogP contribution in [0, 0.1) is 11.3 Å². The Morgan fingerprint density at radius 3 is 2.39 bits per heavy atom. The Balaban J connectivity index is 1.81. The van der Waals surface area contributed by atoms with Crippen LogP contribution in [0.1, 0.15) is 29.2 Å². The second kappa shape index (κ2) is 7.34. The van der Waals surface area contributed by atoms with Crippen LogP contribution in [0.3, 0.4) is 0 Å². The number of hydrogen-bond donors (Lipinski definition) is 0. The quantitative estimate of drug-likeness (QED) is 0.523. The Morgan fingerprint density at radius 1 is 0.964 bits per heavy atom. The van der Waals surface area contributed by atoms with Crippen molar-refractivity contribution in [3.63, 3.8) is 0 Å². The first-order valence-corrected chi connectivity index (χ1v) is 9.32. The fourth-order valence-electron chi connectivity index (χ4n) is 3.43. The van der Waals surface area contributed by atoms with E-state index in [4.69, 9.17) is 16.9 Å². The highest BCUT2D eigenvalue weighted by atomic mass is 35.5. The standard InChI is InChI=1S/C24H17ClN2O/c1-16(28)27-15-22-9-7-19(18-4-2-17(14-26)3-5-18)12-20(22)6-8-21-13-23(25)10-11-24(21)27/h2-13H,15H2,1H3/b8-6-. The molecule has 3 nitrogen and oxygen atoms in total. The average molecular weight is 385 g/mol. The summed E-state index contributed by atoms with van der Waals surface area (Å²) in [5, 5.41) is 9.62. The fourth-order valence-corrected chi connectivity index (χ4v) is 3.61. The molecule has 0 bridgehead atoms. The predicted molar refractivity (Wildman–Crippen MR) is 114 cm³/mol. The van der Waals surface area contributed by atoms with Crippen molar-refractivity contribution in [1.29, 1.82) is 5.26 Å². The second-order valence-corrected chi connectivity index (χ2v) is 7.18. The van der Waals surface area contributed by atoms with Crippen molar-refractivity contribution in [1.82, 2.24) is 0 Å². The number of fused-ring (bicyclic) bond motifs is 2. The van der Waals surface area contributed by atoms with Gasteiger partial charge >= 0.3 is 0 Å². The van der Waals surface area contributed by atoms with E-state index in [-0.39, 0.29) is 5.91 Å². The smallest absolute Gasteiger partial charge is 0.224 e. The number of nitrogens with zero attached hydrogens (tertiary/aromatic N) is 2. The third kappa shape index (κ3) is 3.43. The number of hydrogen-bond acceptors (Lipinski definition) is 2. The van der Waals surface area contributed by atoms with Crippen LogP contribution in [0.25, 0.3) is 23.3 Å². The monoisotopic (exact) mass is 384 g/mol. The van der Waals surface area contributed by atoms with Crippen molar-refractivity contribution in [2.45, 2.75) is 13.5 Å². The number of halogens is 1. The second-order valence-electron chi connectivity index (χ2n) is 6.74. The van der Waals surface area contributed by atoms with Gasteiger partial charge in [-0.1, -0.05) is 48.0 Å². The Hall–Kier alpha value is -3.35. The van der Waals surface area contributed by atoms with Crippen LogP contribution in [0.4, 0.5) is 5.69 Å². The predicted octanol–water partition coefficient (Wildman–Crippen LogP) is 5.92. The van der Waals surface area contributed by atoms with E-state index in [2.05, 4.69) is 30.3 Å². The van der Waals surface area contributed by atoms with Gasteiger partial charge in [0.1, 0.15) is 0 Å². The summed E-state index contributed by atoms with van der Waals surface area (Å²) in [5.41, 5.74) is 6.65. The summed E-state index contributed by atoms with van der Waals surface area (Å²) in [6.07, 6.45) is 4.06. The van der Waals surface area contributed by atoms with Crippen LogP contribution >= 0.6 is 11.6 Å². The number of benzene rings is 3. The summed E-state index contributed by atoms with van der Waals surface area (Å²) in [6.45, 7) is 2.08. The summed E-state index contributed by atoms with van der Waals surface area (Å²) in [4.78, 5) is 14.1. The van der Waals surface area contributed by atoms with Gasteiger partial charge in [-0.25, -0.2) is 0 Å². The topological polar surface area (TPSA) is 44.1 Å². The van der Waals surface area contributed by atoms with Gasteiger partial charge in [0.05, 0.1) is 23.9 Å². The van der Waals surface area contributed by atoms with Gasteiger partial charge in [0.25, 0.3) is 0 Å². The van der Waals surface area contributed by atoms with E-state index >= 15 is 0 Å². The number of carbonyl (C=O) groups excluding carboxylic acids is 1. The molecule has 1 aliphatic rings. The van der Waals surface area contributed by atoms with Gasteiger partial charge in [-0.2, -0.15) is 5.26 Å². The first-order chi connectivity index (χ1) is 13.5. The third-order valence-corrected chi connectivity index (χ3v) is 5.16. The summed E-state index contributed by atoms with van der Waals surface area (Å²) in [7, 11) is 0. The molecule has 0 spiro atoms. The van der Waals surface area contributed by atoms with Crippen LogP contribution in [0.5, 0.6) is 0 Å². The van der Waals surface area contributed by atoms with Crippen molar-refractivity contribution in [2.24, 2.45) is 0 Å². The molecule has 0 aromatic heterocycles. The SMILES string of the molecule is CC(=O)N1Cc2ccc(-c3ccc(C#N)cc3)cc2/C=C\c2cc(Cl)ccc21. The molecular formula is C24H17ClN2O. The molecule has 3 aromatic rings. The molecule has 0 saturated heterocycles. The molecular weight excluding hydrogens is 368 g/mol. The van der Waals surface area contributed by atoms with E-state index < -0.39 is 0 Å². The highest BCUT2D eigenvalue weighted by Crippen LogP contribution is 2.32. The van der Waals surface area contributed by atoms with E-state index in [1.54, 1.807) is 17.9 Å². The van der Waals surface area contributed by atoms with E-state index in [0.29, 0.717) is 17.1 Å². The number of amides is 1. The molecule has 28 heavy (non-hydrogen) atoms. The molecule has 4 rings (SSSR count). The normalized spacial score (nSPS) is 13.5. The fraction of sp³-hybridized carbons (Fsp3) is 0.0833. The Morgan fingerprint density at radius 2 is 1.68 bits per heavy atom. The number of nitriles is 1. The van der Waals surface area contributed by atoms with E-state index in [1.807, 2.05) is 42.5 Å². The van der Waals surface area contributed by atoms with E-state index in [9.17, 15) is 4.79 Å². The van der Waals surface area contributed by atoms with Gasteiger partial charge in [0.15, 0.2) is 0 Å². The third-order valence-electron chi connectivity index (χ3n) is 4.92. The molecule has 4 heteroatoms. The maximum Gasteiger partial charge on any atom is 0.224 e. The van der Waals surface area contributed by atoms with Gasteiger partial charge in [-0.3, -0.25) is 4.79 Å². The Labute approximate surface area is 169 Å². The van der Waals surface area contributed by atoms with Crippen LogP contribution in [0.2, 0.25) is 5.02 Å². The molecule has 136 valence electrons. The number of anilines is 1. The zero-order valence-electron chi connectivity index (χ0n) is 15.3. The average Bonchev–Trinajstić information content (AvgIpc) is 2.69. The van der Waals surface area contributed by atoms with Crippen LogP contribution in [-0.4, -0.2) is 5.91 Å². The summed E-state index contributed by atoms with van der Waals surface area (Å²) in [5.74, 6) is -0.0130. The molecule has 0 aliphatic carbocycles. The first kappa shape index (κ1) is 18.0. The number of carbonyl (C=O) groups is 1. The lowest BCUT2D eigenvalue weighted by Crippen LogP contribution is -2.29. The maximum absolute atomic E-state index is 12.3. The maximum atomic E-state index is 12.3. The van der Waals surface area contributed by atoms with Crippen molar-refractivity contribution in [3.8, 4) is 17.2 Å². The minimum Gasteiger partial charge on any atom is -0.308 e. The molecule has 3 aromatic carbocycles. The zero-order chi connectivity index (χ0) is 19.7. The summed E-state index contributed by atoms with van der Waals surface area (Å²) < 4.78 is 0. The molecule has 1 heterocycles. The Kier molecular flexibility index (Phi) is 4.73. The van der Waals surface area contributed by atoms with Crippen LogP contribution < -0.4 is 4.90 Å². The van der Waals surface area contributed by atoms with Gasteiger partial charge in [0.2, 0.25) is 5.91 Å². The van der Waals surface area contributed by atoms with Crippen molar-refractivity contribution in [3.05, 3.63) is 87.9 Å². The minimum atomic E-state index is -0.0130. The molecule has 0 N–H and O–H groups in total. The molecule has 0 atom stereocenters. The van der Waals surface area contributed by atoms with Crippen molar-refractivity contribution < 1.29 is 4.79 Å². The highest BCUT2D eigenvalue weighted by molar-refractivity contribution is 6.30. The minimum absolute atomic E-state index is 0.0130. The largest absolute Gasteiger partial charge is 0.308 e. The summed E-state index contributed by atoms with van der Waals surface area (Å²) >= 11 is 6.17. The molecule has 1 aliphatic heterocycles. The van der Waals surface area contributed by atoms with E-state index in [1.165, 1.54) is 0 Å². The van der Waals surface area contributed by atoms with Crippen LogP contribution in [-0.2, 0) is 11.3 Å². The molecule has 0 saturated carbocycles. The van der Waals surface area contributed by atoms with Gasteiger partial charge < -0.3 is 4.90 Å². The molecule has 0 radical (unpaired) electrons. The molecule has 1 amide bonds. The zero-order valence-corrected chi connectivity index (χ0v) is 16.1. The lowest BCUT2D eigenvalue weighted by Gasteiger charge is -2.26. The lowest BCUT2D eigenvalue weighted by molar-refractivity contribution is -0.116. The van der Waals surface area contributed by atoms with Crippen molar-refractivity contribution >= 4 is 35.3 Å². The first-order valence-electron chi connectivity index (χ1n) is 8.94. The van der Waals surface area contributed by atoms with Gasteiger partial charge in [-0.15, -0.1) is 0 Å². The lowest BCUT2D eigenvalue weighted by atomic mass is 9.96. The van der Waals surface area contributed by atoms with Gasteiger partial charge in [0, 0.05) is 11.9 Å². The number of rotatable bonds is 1. The summed E-state index contributed by atoms with van der Waals surface area (Å²) in [6, 6.07) is 21.5. The molecule has 0 fully saturated rings. The highest BCUT2D eigenvalue weighted by Gasteiger charge is 2.19. The molecule has 0 unspecified atom stereocenters. The van der Waals surface area contributed by atoms with Crippen LogP contribution in [0.15, 0.2) is 60.7 Å². The van der Waals surface area contributed by atoms with Crippen molar-refractivity contribution in [2.75, 3.05) is 4.90 Å². The Bertz CT molecular complexity index is 1140. The van der Waals surface area contributed by atoms with E-state index in [0.717, 1.165) is 33.5 Å².